The van der Waals surface area contributed by atoms with E-state index in [9.17, 15) is 9.36 Å². The molecule has 0 aromatic heterocycles. The summed E-state index contributed by atoms with van der Waals surface area (Å²) in [5, 5.41) is 8.70. The molecule has 19 heavy (non-hydrogen) atoms. The Morgan fingerprint density at radius 3 is 2.16 bits per heavy atom. The van der Waals surface area contributed by atoms with Crippen LogP contribution in [0.1, 0.15) is 27.2 Å². The van der Waals surface area contributed by atoms with E-state index >= 15 is 0 Å². The Labute approximate surface area is 113 Å². The SMILES string of the molecule is CCOC(=O)C(OCCCO)P(=O)(OCC)OCC. The molecule has 0 heterocycles. The molecule has 0 aliphatic carbocycles. The number of rotatable bonds is 11. The second-order valence-electron chi connectivity index (χ2n) is 3.43. The quantitative estimate of drug-likeness (QED) is 0.351. The van der Waals surface area contributed by atoms with E-state index in [-0.39, 0.29) is 33.0 Å². The number of hydrogen-bond acceptors (Lipinski definition) is 7. The van der Waals surface area contributed by atoms with Gasteiger partial charge in [-0.3, -0.25) is 4.57 Å². The summed E-state index contributed by atoms with van der Waals surface area (Å²) in [5.41, 5.74) is 0. The standard InChI is InChI=1S/C11H23O7P/c1-4-15-10(13)11(16-9-7-8-12)19(14,17-5-2)18-6-3/h11-12H,4-9H2,1-3H3. The van der Waals surface area contributed by atoms with E-state index in [1.54, 1.807) is 20.8 Å². The molecule has 1 unspecified atom stereocenters. The Balaban J connectivity index is 4.92. The topological polar surface area (TPSA) is 91.3 Å². The van der Waals surface area contributed by atoms with Crippen LogP contribution in [0, 0.1) is 0 Å². The first kappa shape index (κ1) is 18.5. The molecule has 0 aromatic rings. The molecule has 8 heteroatoms. The van der Waals surface area contributed by atoms with Crippen LogP contribution in [0.15, 0.2) is 0 Å². The van der Waals surface area contributed by atoms with Crippen LogP contribution in [-0.4, -0.2) is 50.0 Å². The van der Waals surface area contributed by atoms with Crippen LogP contribution in [0.2, 0.25) is 0 Å². The number of ether oxygens (including phenoxy) is 2. The number of hydrogen-bond donors (Lipinski definition) is 1. The summed E-state index contributed by atoms with van der Waals surface area (Å²) in [5.74, 6) is -2.20. The summed E-state index contributed by atoms with van der Waals surface area (Å²) < 4.78 is 32.7. The first-order valence-electron chi connectivity index (χ1n) is 6.33. The van der Waals surface area contributed by atoms with Crippen LogP contribution in [-0.2, 0) is 27.9 Å². The van der Waals surface area contributed by atoms with Gasteiger partial charge in [-0.1, -0.05) is 0 Å². The molecule has 0 radical (unpaired) electrons. The summed E-state index contributed by atoms with van der Waals surface area (Å²) in [4.78, 5) is 11.8. The van der Waals surface area contributed by atoms with Gasteiger partial charge in [0.05, 0.1) is 26.4 Å². The van der Waals surface area contributed by atoms with Gasteiger partial charge in [0.25, 0.3) is 5.85 Å². The molecule has 0 bridgehead atoms. The molecule has 114 valence electrons. The van der Waals surface area contributed by atoms with E-state index in [0.717, 1.165) is 0 Å². The Bertz CT molecular complexity index is 285. The highest BCUT2D eigenvalue weighted by atomic mass is 31.2. The normalized spacial score (nSPS) is 13.3. The number of aliphatic hydroxyl groups is 1. The van der Waals surface area contributed by atoms with Gasteiger partial charge >= 0.3 is 13.6 Å². The molecule has 0 saturated carbocycles. The molecule has 0 aromatic carbocycles. The first-order valence-corrected chi connectivity index (χ1v) is 7.94. The average Bonchev–Trinajstić information content (AvgIpc) is 2.35. The van der Waals surface area contributed by atoms with Crippen LogP contribution >= 0.6 is 7.60 Å². The van der Waals surface area contributed by atoms with E-state index in [4.69, 9.17) is 23.6 Å². The Kier molecular flexibility index (Phi) is 10.1. The van der Waals surface area contributed by atoms with Crippen molar-refractivity contribution >= 4 is 13.6 Å². The molecular formula is C11H23O7P. The van der Waals surface area contributed by atoms with Crippen molar-refractivity contribution in [3.8, 4) is 0 Å². The Morgan fingerprint density at radius 2 is 1.74 bits per heavy atom. The van der Waals surface area contributed by atoms with E-state index in [1.165, 1.54) is 0 Å². The smallest absolute Gasteiger partial charge is 0.370 e. The zero-order valence-electron chi connectivity index (χ0n) is 11.7. The first-order chi connectivity index (χ1) is 9.05. The van der Waals surface area contributed by atoms with Crippen molar-refractivity contribution < 1.29 is 33.0 Å². The van der Waals surface area contributed by atoms with Crippen molar-refractivity contribution in [3.63, 3.8) is 0 Å². The number of carbonyl (C=O) groups excluding carboxylic acids is 1. The summed E-state index contributed by atoms with van der Waals surface area (Å²) in [6.07, 6.45) is 0.314. The molecular weight excluding hydrogens is 275 g/mol. The van der Waals surface area contributed by atoms with Gasteiger partial charge in [-0.25, -0.2) is 4.79 Å². The predicted molar refractivity (Wildman–Crippen MR) is 68.9 cm³/mol. The molecule has 0 amide bonds. The van der Waals surface area contributed by atoms with Gasteiger partial charge in [-0.2, -0.15) is 0 Å². The predicted octanol–water partition coefficient (Wildman–Crippen LogP) is 1.54. The summed E-state index contributed by atoms with van der Waals surface area (Å²) >= 11 is 0. The van der Waals surface area contributed by atoms with Gasteiger partial charge in [0.15, 0.2) is 0 Å². The minimum atomic E-state index is -3.73. The van der Waals surface area contributed by atoms with E-state index in [1.807, 2.05) is 0 Å². The van der Waals surface area contributed by atoms with Gasteiger partial charge in [-0.15, -0.1) is 0 Å². The molecule has 0 aliphatic heterocycles. The van der Waals surface area contributed by atoms with Crippen LogP contribution in [0.25, 0.3) is 0 Å². The van der Waals surface area contributed by atoms with Gasteiger partial charge in [0, 0.05) is 6.61 Å². The fourth-order valence-electron chi connectivity index (χ4n) is 1.29. The fraction of sp³-hybridized carbons (Fsp3) is 0.909. The molecule has 1 atom stereocenters. The molecule has 0 aliphatic rings. The third kappa shape index (κ3) is 6.49. The molecule has 0 rings (SSSR count). The molecule has 7 nitrogen and oxygen atoms in total. The maximum atomic E-state index is 12.5. The van der Waals surface area contributed by atoms with Gasteiger partial charge in [-0.05, 0) is 27.2 Å². The molecule has 0 fully saturated rings. The highest BCUT2D eigenvalue weighted by Gasteiger charge is 2.43. The van der Waals surface area contributed by atoms with Crippen molar-refractivity contribution in [1.29, 1.82) is 0 Å². The maximum Gasteiger partial charge on any atom is 0.370 e. The van der Waals surface area contributed by atoms with Crippen LogP contribution in [0.5, 0.6) is 0 Å². The number of esters is 1. The lowest BCUT2D eigenvalue weighted by Crippen LogP contribution is -2.29. The van der Waals surface area contributed by atoms with E-state index < -0.39 is 19.4 Å². The highest BCUT2D eigenvalue weighted by Crippen LogP contribution is 2.53. The number of carbonyl (C=O) groups is 1. The lowest BCUT2D eigenvalue weighted by Gasteiger charge is -2.24. The zero-order chi connectivity index (χ0) is 14.7. The van der Waals surface area contributed by atoms with Crippen molar-refractivity contribution in [2.45, 2.75) is 33.0 Å². The highest BCUT2D eigenvalue weighted by molar-refractivity contribution is 7.55. The average molecular weight is 298 g/mol. The summed E-state index contributed by atoms with van der Waals surface area (Å²) in [6, 6.07) is 0. The van der Waals surface area contributed by atoms with Crippen molar-refractivity contribution in [2.75, 3.05) is 33.0 Å². The molecule has 0 saturated heterocycles. The van der Waals surface area contributed by atoms with Gasteiger partial charge in [0.1, 0.15) is 0 Å². The largest absolute Gasteiger partial charge is 0.464 e. The second-order valence-corrected chi connectivity index (χ2v) is 5.49. The maximum absolute atomic E-state index is 12.5. The molecule has 1 N–H and O–H groups in total. The lowest BCUT2D eigenvalue weighted by molar-refractivity contribution is -0.152. The lowest BCUT2D eigenvalue weighted by atomic mass is 10.5. The minimum Gasteiger partial charge on any atom is -0.464 e. The van der Waals surface area contributed by atoms with E-state index in [0.29, 0.717) is 6.42 Å². The minimum absolute atomic E-state index is 0.0596. The summed E-state index contributed by atoms with van der Waals surface area (Å²) in [6.45, 7) is 5.26. The second kappa shape index (κ2) is 10.3. The van der Waals surface area contributed by atoms with Crippen molar-refractivity contribution in [3.05, 3.63) is 0 Å². The fourth-order valence-corrected chi connectivity index (χ4v) is 2.98. The van der Waals surface area contributed by atoms with E-state index in [2.05, 4.69) is 0 Å². The van der Waals surface area contributed by atoms with Crippen molar-refractivity contribution in [2.24, 2.45) is 0 Å². The molecule has 0 spiro atoms. The van der Waals surface area contributed by atoms with Gasteiger partial charge in [0.2, 0.25) is 0 Å². The Hall–Kier alpha value is -0.460. The number of aliphatic hydroxyl groups excluding tert-OH is 1. The summed E-state index contributed by atoms with van der Waals surface area (Å²) in [7, 11) is -3.73. The van der Waals surface area contributed by atoms with Gasteiger partial charge < -0.3 is 23.6 Å². The van der Waals surface area contributed by atoms with Crippen LogP contribution in [0.4, 0.5) is 0 Å². The van der Waals surface area contributed by atoms with Crippen LogP contribution in [0.3, 0.4) is 0 Å². The monoisotopic (exact) mass is 298 g/mol. The zero-order valence-corrected chi connectivity index (χ0v) is 12.6. The third-order valence-corrected chi connectivity index (χ3v) is 4.14. The van der Waals surface area contributed by atoms with Crippen LogP contribution < -0.4 is 0 Å². The third-order valence-electron chi connectivity index (χ3n) is 1.97. The Morgan fingerprint density at radius 1 is 1.16 bits per heavy atom. The van der Waals surface area contributed by atoms with Crippen molar-refractivity contribution in [1.82, 2.24) is 0 Å².